The number of carbonyl (C=O) groups is 1. The molecule has 3 aromatic rings. The van der Waals surface area contributed by atoms with Gasteiger partial charge in [0, 0.05) is 30.2 Å². The first-order chi connectivity index (χ1) is 12.2. The first-order valence-electron chi connectivity index (χ1n) is 7.46. The lowest BCUT2D eigenvalue weighted by Gasteiger charge is -2.12. The highest BCUT2D eigenvalue weighted by Crippen LogP contribution is 2.32. The Balaban J connectivity index is 1.76. The molecule has 8 heteroatoms. The van der Waals surface area contributed by atoms with E-state index >= 15 is 0 Å². The summed E-state index contributed by atoms with van der Waals surface area (Å²) in [5.74, 6) is 1.04. The Labute approximate surface area is 144 Å². The maximum absolute atomic E-state index is 12.1. The van der Waals surface area contributed by atoms with Crippen molar-refractivity contribution in [1.82, 2.24) is 10.5 Å². The molecule has 0 fully saturated rings. The molecule has 0 saturated carbocycles. The van der Waals surface area contributed by atoms with Crippen LogP contribution in [0.25, 0.3) is 11.3 Å². The summed E-state index contributed by atoms with van der Waals surface area (Å²) >= 11 is 0. The molecule has 8 nitrogen and oxygen atoms in total. The van der Waals surface area contributed by atoms with Crippen LogP contribution in [0.4, 0.5) is 21.9 Å². The second-order valence-corrected chi connectivity index (χ2v) is 5.09. The minimum absolute atomic E-state index is 0.395. The molecule has 0 aliphatic carbocycles. The van der Waals surface area contributed by atoms with Gasteiger partial charge in [0.1, 0.15) is 0 Å². The fourth-order valence-corrected chi connectivity index (χ4v) is 2.26. The summed E-state index contributed by atoms with van der Waals surface area (Å²) in [6.45, 7) is 0. The number of aromatic nitrogens is 1. The largest absolute Gasteiger partial charge is 0.443 e. The Morgan fingerprint density at radius 2 is 1.96 bits per heavy atom. The topological polar surface area (TPSA) is 114 Å². The average Bonchev–Trinajstić information content (AvgIpc) is 3.09. The molecule has 0 saturated heterocycles. The van der Waals surface area contributed by atoms with E-state index in [1.54, 1.807) is 55.7 Å². The van der Waals surface area contributed by atoms with Gasteiger partial charge in [-0.1, -0.05) is 6.07 Å². The fraction of sp³-hybridized carbons (Fsp3) is 0.0588. The minimum atomic E-state index is -0.395. The maximum Gasteiger partial charge on any atom is 0.323 e. The van der Waals surface area contributed by atoms with E-state index in [4.69, 9.17) is 15.0 Å². The molecule has 0 aliphatic rings. The van der Waals surface area contributed by atoms with Crippen LogP contribution in [0.3, 0.4) is 0 Å². The minimum Gasteiger partial charge on any atom is -0.443 e. The highest BCUT2D eigenvalue weighted by Gasteiger charge is 2.12. The van der Waals surface area contributed by atoms with Crippen LogP contribution in [0.1, 0.15) is 0 Å². The maximum atomic E-state index is 12.1. The molecule has 128 valence electrons. The van der Waals surface area contributed by atoms with Gasteiger partial charge in [0.05, 0.1) is 11.8 Å². The number of hydrogen-bond acceptors (Lipinski definition) is 6. The molecule has 1 aromatic heterocycles. The molecule has 2 amide bonds. The van der Waals surface area contributed by atoms with Crippen LogP contribution in [-0.4, -0.2) is 18.1 Å². The van der Waals surface area contributed by atoms with E-state index in [9.17, 15) is 4.79 Å². The van der Waals surface area contributed by atoms with Crippen molar-refractivity contribution in [2.45, 2.75) is 0 Å². The van der Waals surface area contributed by atoms with Gasteiger partial charge in [-0.05, 0) is 30.3 Å². The summed E-state index contributed by atoms with van der Waals surface area (Å²) in [5, 5.41) is 5.45. The van der Waals surface area contributed by atoms with Crippen molar-refractivity contribution in [3.63, 3.8) is 0 Å². The molecule has 3 rings (SSSR count). The van der Waals surface area contributed by atoms with Crippen LogP contribution in [0.15, 0.2) is 59.5 Å². The molecule has 0 radical (unpaired) electrons. The van der Waals surface area contributed by atoms with Crippen molar-refractivity contribution in [2.24, 2.45) is 0 Å². The number of oxazole rings is 1. The van der Waals surface area contributed by atoms with E-state index in [0.29, 0.717) is 34.1 Å². The zero-order chi connectivity index (χ0) is 17.6. The molecule has 2 aromatic carbocycles. The van der Waals surface area contributed by atoms with Crippen LogP contribution in [0.2, 0.25) is 0 Å². The standard InChI is InChI=1S/C17H17N5O3/c1-19-25-15-8-13(5-6-14(15)16-9-20-10-24-16)22-17(23)21-12-4-2-3-11(18)7-12/h2-10,19H,18H2,1H3,(H2,21,22,23). The van der Waals surface area contributed by atoms with E-state index in [-0.39, 0.29) is 0 Å². The van der Waals surface area contributed by atoms with E-state index in [1.807, 2.05) is 0 Å². The Bertz CT molecular complexity index is 864. The van der Waals surface area contributed by atoms with E-state index < -0.39 is 6.03 Å². The summed E-state index contributed by atoms with van der Waals surface area (Å²) < 4.78 is 5.29. The number of nitrogens with two attached hydrogens (primary N) is 1. The molecule has 25 heavy (non-hydrogen) atoms. The van der Waals surface area contributed by atoms with E-state index in [0.717, 1.165) is 0 Å². The summed E-state index contributed by atoms with van der Waals surface area (Å²) in [6, 6.07) is 11.7. The fourth-order valence-electron chi connectivity index (χ4n) is 2.26. The van der Waals surface area contributed by atoms with E-state index in [1.165, 1.54) is 6.39 Å². The normalized spacial score (nSPS) is 10.3. The van der Waals surface area contributed by atoms with Crippen LogP contribution in [-0.2, 0) is 0 Å². The van der Waals surface area contributed by atoms with Gasteiger partial charge in [0.2, 0.25) is 0 Å². The van der Waals surface area contributed by atoms with Crippen LogP contribution < -0.4 is 26.7 Å². The number of amides is 2. The lowest BCUT2D eigenvalue weighted by molar-refractivity contribution is 0.224. The van der Waals surface area contributed by atoms with Gasteiger partial charge in [0.25, 0.3) is 0 Å². The smallest absolute Gasteiger partial charge is 0.323 e. The Hall–Kier alpha value is -3.52. The number of hydroxylamine groups is 1. The van der Waals surface area contributed by atoms with Crippen molar-refractivity contribution in [3.05, 3.63) is 55.1 Å². The summed E-state index contributed by atoms with van der Waals surface area (Å²) in [7, 11) is 1.64. The number of rotatable bonds is 5. The number of nitrogens with one attached hydrogen (secondary N) is 3. The molecule has 0 bridgehead atoms. The third-order valence-electron chi connectivity index (χ3n) is 3.29. The Morgan fingerprint density at radius 1 is 1.16 bits per heavy atom. The SMILES string of the molecule is CNOc1cc(NC(=O)Nc2cccc(N)c2)ccc1-c1cnco1. The number of urea groups is 1. The summed E-state index contributed by atoms with van der Waals surface area (Å²) in [6.07, 6.45) is 2.92. The number of anilines is 3. The third kappa shape index (κ3) is 4.06. The predicted octanol–water partition coefficient (Wildman–Crippen LogP) is 3.08. The molecule has 0 unspecified atom stereocenters. The number of hydrogen-bond donors (Lipinski definition) is 4. The zero-order valence-corrected chi connectivity index (χ0v) is 13.4. The third-order valence-corrected chi connectivity index (χ3v) is 3.29. The number of benzene rings is 2. The average molecular weight is 339 g/mol. The molecule has 1 heterocycles. The molecule has 0 aliphatic heterocycles. The van der Waals surface area contributed by atoms with Gasteiger partial charge >= 0.3 is 6.03 Å². The lowest BCUT2D eigenvalue weighted by Crippen LogP contribution is -2.19. The number of nitrogens with zero attached hydrogens (tertiary/aromatic N) is 1. The monoisotopic (exact) mass is 339 g/mol. The highest BCUT2D eigenvalue weighted by molar-refractivity contribution is 6.00. The Kier molecular flexibility index (Phi) is 4.82. The zero-order valence-electron chi connectivity index (χ0n) is 13.4. The van der Waals surface area contributed by atoms with Crippen LogP contribution in [0.5, 0.6) is 5.75 Å². The molecular formula is C17H17N5O3. The van der Waals surface area contributed by atoms with Crippen molar-refractivity contribution < 1.29 is 14.0 Å². The molecule has 5 N–H and O–H groups in total. The van der Waals surface area contributed by atoms with Crippen molar-refractivity contribution in [1.29, 1.82) is 0 Å². The van der Waals surface area contributed by atoms with Gasteiger partial charge in [-0.2, -0.15) is 5.48 Å². The predicted molar refractivity (Wildman–Crippen MR) is 95.1 cm³/mol. The first-order valence-corrected chi connectivity index (χ1v) is 7.46. The van der Waals surface area contributed by atoms with Gasteiger partial charge < -0.3 is 25.6 Å². The van der Waals surface area contributed by atoms with Gasteiger partial charge in [0.15, 0.2) is 17.9 Å². The van der Waals surface area contributed by atoms with Crippen molar-refractivity contribution in [3.8, 4) is 17.1 Å². The Morgan fingerprint density at radius 3 is 2.64 bits per heavy atom. The second-order valence-electron chi connectivity index (χ2n) is 5.09. The summed E-state index contributed by atoms with van der Waals surface area (Å²) in [5.41, 5.74) is 10.7. The van der Waals surface area contributed by atoms with Gasteiger partial charge in [-0.25, -0.2) is 9.78 Å². The van der Waals surface area contributed by atoms with E-state index in [2.05, 4.69) is 21.1 Å². The van der Waals surface area contributed by atoms with Crippen molar-refractivity contribution in [2.75, 3.05) is 23.4 Å². The second kappa shape index (κ2) is 7.37. The quantitative estimate of drug-likeness (QED) is 0.419. The summed E-state index contributed by atoms with van der Waals surface area (Å²) in [4.78, 5) is 21.4. The van der Waals surface area contributed by atoms with Gasteiger partial charge in [-0.15, -0.1) is 0 Å². The van der Waals surface area contributed by atoms with Crippen LogP contribution >= 0.6 is 0 Å². The van der Waals surface area contributed by atoms with Crippen molar-refractivity contribution >= 4 is 23.1 Å². The van der Waals surface area contributed by atoms with Crippen LogP contribution in [0, 0.1) is 0 Å². The lowest BCUT2D eigenvalue weighted by atomic mass is 10.1. The molecule has 0 spiro atoms. The molecule has 0 atom stereocenters. The first kappa shape index (κ1) is 16.3. The molecular weight excluding hydrogens is 322 g/mol. The number of nitrogen functional groups attached to an aromatic ring is 1. The van der Waals surface area contributed by atoms with Gasteiger partial charge in [-0.3, -0.25) is 0 Å². The highest BCUT2D eigenvalue weighted by atomic mass is 16.6. The number of carbonyl (C=O) groups excluding carboxylic acids is 1.